The number of rotatable bonds is 2. The second-order valence-corrected chi connectivity index (χ2v) is 3.22. The third-order valence-corrected chi connectivity index (χ3v) is 2.07. The molecule has 0 fully saturated rings. The molecule has 4 heteroatoms. The number of hydrogen-bond donors (Lipinski definition) is 0. The van der Waals surface area contributed by atoms with E-state index < -0.39 is 0 Å². The van der Waals surface area contributed by atoms with Gasteiger partial charge in [-0.3, -0.25) is 0 Å². The molecule has 0 amide bonds. The van der Waals surface area contributed by atoms with Crippen molar-refractivity contribution in [3.63, 3.8) is 0 Å². The molecule has 0 bridgehead atoms. The highest BCUT2D eigenvalue weighted by Gasteiger charge is 2.02. The molecule has 1 heterocycles. The summed E-state index contributed by atoms with van der Waals surface area (Å²) in [6.07, 6.45) is 3.22. The lowest BCUT2D eigenvalue weighted by atomic mass is 10.1. The first-order valence-corrected chi connectivity index (χ1v) is 4.75. The summed E-state index contributed by atoms with van der Waals surface area (Å²) in [5, 5.41) is 8.78. The molecule has 4 nitrogen and oxygen atoms in total. The fraction of sp³-hybridized carbons (Fsp3) is 0.0833. The number of aryl methyl sites for hydroxylation is 1. The van der Waals surface area contributed by atoms with Crippen LogP contribution >= 0.6 is 0 Å². The lowest BCUT2D eigenvalue weighted by molar-refractivity contribution is 0.441. The first kappa shape index (κ1) is 10.1. The van der Waals surface area contributed by atoms with Crippen LogP contribution in [0.3, 0.4) is 0 Å². The molecule has 0 atom stereocenters. The minimum absolute atomic E-state index is 0.298. The van der Waals surface area contributed by atoms with Crippen molar-refractivity contribution in [2.24, 2.45) is 0 Å². The number of nitriles is 1. The second-order valence-electron chi connectivity index (χ2n) is 3.22. The van der Waals surface area contributed by atoms with Crippen molar-refractivity contribution in [2.75, 3.05) is 0 Å². The highest BCUT2D eigenvalue weighted by Crippen LogP contribution is 2.20. The number of ether oxygens (including phenoxy) is 1. The average Bonchev–Trinajstić information content (AvgIpc) is 2.31. The van der Waals surface area contributed by atoms with Gasteiger partial charge in [0.2, 0.25) is 0 Å². The summed E-state index contributed by atoms with van der Waals surface area (Å²) in [6.45, 7) is 1.86. The predicted octanol–water partition coefficient (Wildman–Crippen LogP) is 2.45. The van der Waals surface area contributed by atoms with E-state index in [4.69, 9.17) is 10.00 Å². The van der Waals surface area contributed by atoms with Gasteiger partial charge in [0.25, 0.3) is 0 Å². The zero-order chi connectivity index (χ0) is 11.4. The third-order valence-electron chi connectivity index (χ3n) is 2.07. The first-order chi connectivity index (χ1) is 7.79. The van der Waals surface area contributed by atoms with E-state index in [-0.39, 0.29) is 0 Å². The third kappa shape index (κ3) is 2.15. The molecular formula is C12H9N3O. The number of aromatic nitrogens is 2. The van der Waals surface area contributed by atoms with Crippen LogP contribution in [-0.2, 0) is 0 Å². The van der Waals surface area contributed by atoms with Crippen LogP contribution in [0.1, 0.15) is 11.1 Å². The van der Waals surface area contributed by atoms with E-state index >= 15 is 0 Å². The Morgan fingerprint density at radius 1 is 1.25 bits per heavy atom. The maximum absolute atomic E-state index is 8.78. The molecule has 0 saturated carbocycles. The van der Waals surface area contributed by atoms with Gasteiger partial charge in [-0.15, -0.1) is 0 Å². The quantitative estimate of drug-likeness (QED) is 0.765. The van der Waals surface area contributed by atoms with E-state index in [0.717, 1.165) is 5.56 Å². The molecule has 1 aromatic carbocycles. The number of nitrogens with zero attached hydrogens (tertiary/aromatic N) is 3. The normalized spacial score (nSPS) is 9.50. The van der Waals surface area contributed by atoms with Crippen LogP contribution in [0.2, 0.25) is 0 Å². The van der Waals surface area contributed by atoms with Gasteiger partial charge in [0.1, 0.15) is 5.75 Å². The SMILES string of the molecule is Cc1cc(Oc2ncccn2)ccc1C#N. The van der Waals surface area contributed by atoms with Crippen LogP contribution in [0.25, 0.3) is 0 Å². The molecular weight excluding hydrogens is 202 g/mol. The summed E-state index contributed by atoms with van der Waals surface area (Å²) in [7, 11) is 0. The highest BCUT2D eigenvalue weighted by molar-refractivity contribution is 5.42. The average molecular weight is 211 g/mol. The van der Waals surface area contributed by atoms with Gasteiger partial charge in [-0.1, -0.05) is 0 Å². The van der Waals surface area contributed by atoms with Crippen LogP contribution in [0.15, 0.2) is 36.7 Å². The Balaban J connectivity index is 2.24. The van der Waals surface area contributed by atoms with Crippen LogP contribution < -0.4 is 4.74 Å². The zero-order valence-electron chi connectivity index (χ0n) is 8.71. The van der Waals surface area contributed by atoms with Gasteiger partial charge >= 0.3 is 6.01 Å². The van der Waals surface area contributed by atoms with Gasteiger partial charge in [0.15, 0.2) is 0 Å². The molecule has 0 unspecified atom stereocenters. The van der Waals surface area contributed by atoms with E-state index in [1.54, 1.807) is 36.7 Å². The van der Waals surface area contributed by atoms with E-state index in [2.05, 4.69) is 16.0 Å². The van der Waals surface area contributed by atoms with Gasteiger partial charge in [0, 0.05) is 12.4 Å². The van der Waals surface area contributed by atoms with Crippen molar-refractivity contribution >= 4 is 0 Å². The van der Waals surface area contributed by atoms with Gasteiger partial charge in [-0.25, -0.2) is 9.97 Å². The van der Waals surface area contributed by atoms with Gasteiger partial charge < -0.3 is 4.74 Å². The monoisotopic (exact) mass is 211 g/mol. The molecule has 2 rings (SSSR count). The molecule has 0 aliphatic heterocycles. The molecule has 0 N–H and O–H groups in total. The number of hydrogen-bond acceptors (Lipinski definition) is 4. The molecule has 0 aliphatic carbocycles. The van der Waals surface area contributed by atoms with Crippen LogP contribution in [-0.4, -0.2) is 9.97 Å². The van der Waals surface area contributed by atoms with E-state index in [1.165, 1.54) is 0 Å². The Morgan fingerprint density at radius 3 is 2.62 bits per heavy atom. The molecule has 0 saturated heterocycles. The molecule has 78 valence electrons. The Kier molecular flexibility index (Phi) is 2.79. The largest absolute Gasteiger partial charge is 0.424 e. The second kappa shape index (κ2) is 4.41. The standard InChI is InChI=1S/C12H9N3O/c1-9-7-11(4-3-10(9)8-13)16-12-14-5-2-6-15-12/h2-7H,1H3. The Morgan fingerprint density at radius 2 is 2.00 bits per heavy atom. The summed E-state index contributed by atoms with van der Waals surface area (Å²) in [5.74, 6) is 0.628. The minimum atomic E-state index is 0.298. The first-order valence-electron chi connectivity index (χ1n) is 4.75. The van der Waals surface area contributed by atoms with E-state index in [1.807, 2.05) is 6.92 Å². The van der Waals surface area contributed by atoms with Crippen LogP contribution in [0.4, 0.5) is 0 Å². The summed E-state index contributed by atoms with van der Waals surface area (Å²) < 4.78 is 5.43. The zero-order valence-corrected chi connectivity index (χ0v) is 8.71. The van der Waals surface area contributed by atoms with Crippen LogP contribution in [0.5, 0.6) is 11.8 Å². The van der Waals surface area contributed by atoms with Crippen molar-refractivity contribution in [3.8, 4) is 17.8 Å². The van der Waals surface area contributed by atoms with Crippen molar-refractivity contribution < 1.29 is 4.74 Å². The molecule has 1 aromatic heterocycles. The van der Waals surface area contributed by atoms with Crippen LogP contribution in [0, 0.1) is 18.3 Å². The molecule has 0 aliphatic rings. The smallest absolute Gasteiger partial charge is 0.321 e. The van der Waals surface area contributed by atoms with Crippen molar-refractivity contribution in [3.05, 3.63) is 47.8 Å². The molecule has 0 spiro atoms. The predicted molar refractivity (Wildman–Crippen MR) is 58.0 cm³/mol. The van der Waals surface area contributed by atoms with Gasteiger partial charge in [-0.2, -0.15) is 5.26 Å². The summed E-state index contributed by atoms with van der Waals surface area (Å²) in [4.78, 5) is 7.90. The Labute approximate surface area is 93.2 Å². The summed E-state index contributed by atoms with van der Waals surface area (Å²) in [6, 6.07) is 9.34. The Hall–Kier alpha value is -2.41. The lowest BCUT2D eigenvalue weighted by Crippen LogP contribution is -1.91. The van der Waals surface area contributed by atoms with Crippen molar-refractivity contribution in [1.29, 1.82) is 5.26 Å². The number of benzene rings is 1. The maximum atomic E-state index is 8.78. The molecule has 2 aromatic rings. The summed E-state index contributed by atoms with van der Waals surface area (Å²) >= 11 is 0. The fourth-order valence-corrected chi connectivity index (χ4v) is 1.27. The molecule has 0 radical (unpaired) electrons. The molecule has 16 heavy (non-hydrogen) atoms. The maximum Gasteiger partial charge on any atom is 0.321 e. The highest BCUT2D eigenvalue weighted by atomic mass is 16.5. The van der Waals surface area contributed by atoms with Crippen molar-refractivity contribution in [2.45, 2.75) is 6.92 Å². The Bertz CT molecular complexity index is 532. The van der Waals surface area contributed by atoms with Crippen molar-refractivity contribution in [1.82, 2.24) is 9.97 Å². The van der Waals surface area contributed by atoms with E-state index in [9.17, 15) is 0 Å². The van der Waals surface area contributed by atoms with E-state index in [0.29, 0.717) is 17.3 Å². The van der Waals surface area contributed by atoms with Gasteiger partial charge in [0.05, 0.1) is 11.6 Å². The van der Waals surface area contributed by atoms with Gasteiger partial charge in [-0.05, 0) is 36.8 Å². The lowest BCUT2D eigenvalue weighted by Gasteiger charge is -2.04. The topological polar surface area (TPSA) is 58.8 Å². The fourth-order valence-electron chi connectivity index (χ4n) is 1.27. The summed E-state index contributed by atoms with van der Waals surface area (Å²) in [5.41, 5.74) is 1.51. The minimum Gasteiger partial charge on any atom is -0.424 e.